The summed E-state index contributed by atoms with van der Waals surface area (Å²) in [5.74, 6) is 0.558. The van der Waals surface area contributed by atoms with Crippen molar-refractivity contribution in [1.29, 1.82) is 0 Å². The monoisotopic (exact) mass is 259 g/mol. The average Bonchev–Trinajstić information content (AvgIpc) is 2.27. The van der Waals surface area contributed by atoms with Gasteiger partial charge in [0, 0.05) is 0 Å². The van der Waals surface area contributed by atoms with E-state index in [4.69, 9.17) is 13.6 Å². The molecule has 0 unspecified atom stereocenters. The molecule has 6 heteroatoms. The molecule has 0 N–H and O–H groups in total. The Hall–Kier alpha value is -0.610. The standard InChI is InChI=1S/C10H14NO3PS/c1-3-4-12-15(16)13-7-9-5-8(2)6-11-10(9)14-15/h3,5-6,15-16H,1,4,7H2,2H3. The molecule has 1 aliphatic heterocycles. The van der Waals surface area contributed by atoms with E-state index in [0.717, 1.165) is 11.1 Å². The molecule has 1 aromatic heterocycles. The van der Waals surface area contributed by atoms with Crippen LogP contribution in [0, 0.1) is 6.92 Å². The number of aryl methyl sites for hydroxylation is 1. The van der Waals surface area contributed by atoms with E-state index >= 15 is 0 Å². The third-order valence-electron chi connectivity index (χ3n) is 2.08. The van der Waals surface area contributed by atoms with Gasteiger partial charge in [-0.25, -0.2) is 0 Å². The summed E-state index contributed by atoms with van der Waals surface area (Å²) in [4.78, 5) is 4.20. The van der Waals surface area contributed by atoms with Gasteiger partial charge < -0.3 is 0 Å². The van der Waals surface area contributed by atoms with Crippen LogP contribution in [0.2, 0.25) is 0 Å². The van der Waals surface area contributed by atoms with Gasteiger partial charge in [-0.2, -0.15) is 0 Å². The van der Waals surface area contributed by atoms with Crippen molar-refractivity contribution in [3.63, 3.8) is 0 Å². The fourth-order valence-electron chi connectivity index (χ4n) is 1.37. The first-order chi connectivity index (χ1) is 7.63. The Morgan fingerprint density at radius 2 is 2.56 bits per heavy atom. The maximum absolute atomic E-state index is 5.58. The van der Waals surface area contributed by atoms with Crippen LogP contribution < -0.4 is 4.52 Å². The van der Waals surface area contributed by atoms with Crippen molar-refractivity contribution < 1.29 is 13.6 Å². The molecule has 1 aliphatic rings. The van der Waals surface area contributed by atoms with Crippen LogP contribution in [-0.4, -0.2) is 11.6 Å². The van der Waals surface area contributed by atoms with Crippen molar-refractivity contribution in [2.24, 2.45) is 0 Å². The van der Waals surface area contributed by atoms with E-state index in [-0.39, 0.29) is 0 Å². The van der Waals surface area contributed by atoms with Crippen LogP contribution in [0.4, 0.5) is 0 Å². The van der Waals surface area contributed by atoms with Gasteiger partial charge in [0.25, 0.3) is 0 Å². The number of pyridine rings is 1. The van der Waals surface area contributed by atoms with Crippen molar-refractivity contribution >= 4 is 19.4 Å². The predicted octanol–water partition coefficient (Wildman–Crippen LogP) is 2.84. The van der Waals surface area contributed by atoms with Crippen LogP contribution in [0.5, 0.6) is 5.88 Å². The molecule has 0 bridgehead atoms. The second-order valence-corrected chi connectivity index (χ2v) is 6.96. The summed E-state index contributed by atoms with van der Waals surface area (Å²) in [5.41, 5.74) is 2.01. The van der Waals surface area contributed by atoms with E-state index in [1.807, 2.05) is 13.0 Å². The molecule has 0 amide bonds. The van der Waals surface area contributed by atoms with E-state index in [2.05, 4.69) is 23.8 Å². The SMILES string of the molecule is C=CCO[PH]1(S)OCc2cc(C)cnc2O1. The van der Waals surface area contributed by atoms with E-state index < -0.39 is 7.15 Å². The van der Waals surface area contributed by atoms with Crippen LogP contribution in [0.3, 0.4) is 0 Å². The minimum absolute atomic E-state index is 0.358. The molecule has 16 heavy (non-hydrogen) atoms. The maximum atomic E-state index is 5.58. The Labute approximate surface area is 100 Å². The molecule has 0 aromatic carbocycles. The Kier molecular flexibility index (Phi) is 3.50. The summed E-state index contributed by atoms with van der Waals surface area (Å²) in [7, 11) is -2.87. The summed E-state index contributed by atoms with van der Waals surface area (Å²) in [5, 5.41) is 0. The molecule has 0 fully saturated rings. The number of hydrogen-bond acceptors (Lipinski definition) is 5. The molecule has 0 saturated carbocycles. The molecular formula is C10H14NO3PS. The Morgan fingerprint density at radius 1 is 1.75 bits per heavy atom. The second kappa shape index (κ2) is 4.72. The van der Waals surface area contributed by atoms with Gasteiger partial charge in [0.2, 0.25) is 0 Å². The number of nitrogens with zero attached hydrogens (tertiary/aromatic N) is 1. The summed E-state index contributed by atoms with van der Waals surface area (Å²) in [6.07, 6.45) is 3.38. The zero-order chi connectivity index (χ0) is 11.6. The topological polar surface area (TPSA) is 40.6 Å². The number of thiol groups is 1. The molecule has 1 aromatic rings. The van der Waals surface area contributed by atoms with Gasteiger partial charge in [0.1, 0.15) is 0 Å². The van der Waals surface area contributed by atoms with E-state index in [9.17, 15) is 0 Å². The van der Waals surface area contributed by atoms with Gasteiger partial charge in [0.15, 0.2) is 0 Å². The van der Waals surface area contributed by atoms with E-state index in [1.165, 1.54) is 0 Å². The van der Waals surface area contributed by atoms with Crippen LogP contribution in [0.25, 0.3) is 0 Å². The fraction of sp³-hybridized carbons (Fsp3) is 0.300. The van der Waals surface area contributed by atoms with Crippen LogP contribution in [0.15, 0.2) is 24.9 Å². The molecular weight excluding hydrogens is 245 g/mol. The number of rotatable bonds is 3. The first-order valence-corrected chi connectivity index (χ1v) is 7.90. The van der Waals surface area contributed by atoms with Crippen molar-refractivity contribution in [3.05, 3.63) is 36.0 Å². The minimum atomic E-state index is -2.87. The second-order valence-electron chi connectivity index (χ2n) is 3.49. The van der Waals surface area contributed by atoms with Gasteiger partial charge in [-0.05, 0) is 0 Å². The summed E-state index contributed by atoms with van der Waals surface area (Å²) in [6, 6.07) is 1.98. The summed E-state index contributed by atoms with van der Waals surface area (Å²) in [6.45, 7) is 6.33. The molecule has 88 valence electrons. The molecule has 0 atom stereocenters. The Balaban J connectivity index is 2.16. The van der Waals surface area contributed by atoms with E-state index in [1.54, 1.807) is 12.3 Å². The molecule has 2 rings (SSSR count). The zero-order valence-corrected chi connectivity index (χ0v) is 10.9. The van der Waals surface area contributed by atoms with Gasteiger partial charge in [-0.15, -0.1) is 0 Å². The normalized spacial score (nSPS) is 19.4. The van der Waals surface area contributed by atoms with Crippen molar-refractivity contribution in [1.82, 2.24) is 4.98 Å². The average molecular weight is 259 g/mol. The van der Waals surface area contributed by atoms with E-state index in [0.29, 0.717) is 19.1 Å². The third-order valence-corrected chi connectivity index (χ3v) is 4.62. The Morgan fingerprint density at radius 3 is 3.31 bits per heavy atom. The molecule has 4 nitrogen and oxygen atoms in total. The zero-order valence-electron chi connectivity index (χ0n) is 8.97. The summed E-state index contributed by atoms with van der Waals surface area (Å²) < 4.78 is 16.5. The van der Waals surface area contributed by atoms with Gasteiger partial charge in [0.05, 0.1) is 0 Å². The van der Waals surface area contributed by atoms with Crippen molar-refractivity contribution in [2.75, 3.05) is 6.61 Å². The van der Waals surface area contributed by atoms with Crippen LogP contribution in [-0.2, 0) is 15.7 Å². The molecule has 0 aliphatic carbocycles. The predicted molar refractivity (Wildman–Crippen MR) is 67.8 cm³/mol. The molecule has 0 saturated heterocycles. The number of hydrogen-bond donors (Lipinski definition) is 1. The van der Waals surface area contributed by atoms with Gasteiger partial charge in [-0.1, -0.05) is 0 Å². The summed E-state index contributed by atoms with van der Waals surface area (Å²) >= 11 is 4.32. The molecule has 0 spiro atoms. The van der Waals surface area contributed by atoms with Crippen LogP contribution in [0.1, 0.15) is 11.1 Å². The van der Waals surface area contributed by atoms with Crippen molar-refractivity contribution in [2.45, 2.75) is 13.5 Å². The first kappa shape index (κ1) is 11.9. The van der Waals surface area contributed by atoms with Crippen molar-refractivity contribution in [3.8, 4) is 5.88 Å². The Bertz CT molecular complexity index is 415. The first-order valence-electron chi connectivity index (χ1n) is 4.89. The number of aromatic nitrogens is 1. The third kappa shape index (κ3) is 2.55. The quantitative estimate of drug-likeness (QED) is 0.515. The number of fused-ring (bicyclic) bond motifs is 1. The van der Waals surface area contributed by atoms with Crippen LogP contribution >= 0.6 is 19.4 Å². The molecule has 0 radical (unpaired) electrons. The van der Waals surface area contributed by atoms with Gasteiger partial charge in [-0.3, -0.25) is 0 Å². The van der Waals surface area contributed by atoms with Gasteiger partial charge >= 0.3 is 100 Å². The fourth-order valence-corrected chi connectivity index (χ4v) is 3.34. The molecule has 2 heterocycles.